The predicted octanol–water partition coefficient (Wildman–Crippen LogP) is 2.31. The standard InChI is InChI=1S/C18H25N3O/c1-20(11-5-10-19)18(22)15-21-12-8-17(9-13-21)14-16-6-3-2-4-7-16/h2-4,6-7,17H,5,8-9,11-15H2,1H3. The van der Waals surface area contributed by atoms with Crippen LogP contribution in [0.25, 0.3) is 0 Å². The molecule has 118 valence electrons. The van der Waals surface area contributed by atoms with Crippen LogP contribution < -0.4 is 0 Å². The molecule has 4 nitrogen and oxygen atoms in total. The molecule has 1 aliphatic rings. The van der Waals surface area contributed by atoms with Gasteiger partial charge in [0, 0.05) is 13.6 Å². The first-order chi connectivity index (χ1) is 10.7. The van der Waals surface area contributed by atoms with Gasteiger partial charge >= 0.3 is 0 Å². The van der Waals surface area contributed by atoms with Crippen LogP contribution in [0.4, 0.5) is 0 Å². The highest BCUT2D eigenvalue weighted by Crippen LogP contribution is 2.21. The van der Waals surface area contributed by atoms with Gasteiger partial charge < -0.3 is 4.90 Å². The summed E-state index contributed by atoms with van der Waals surface area (Å²) in [4.78, 5) is 16.0. The zero-order chi connectivity index (χ0) is 15.8. The molecule has 1 aromatic rings. The number of nitriles is 1. The first kappa shape index (κ1) is 16.5. The quantitative estimate of drug-likeness (QED) is 0.810. The van der Waals surface area contributed by atoms with E-state index in [1.807, 2.05) is 0 Å². The molecule has 0 aromatic heterocycles. The lowest BCUT2D eigenvalue weighted by atomic mass is 9.90. The number of piperidine rings is 1. The smallest absolute Gasteiger partial charge is 0.236 e. The Morgan fingerprint density at radius 1 is 1.32 bits per heavy atom. The van der Waals surface area contributed by atoms with Gasteiger partial charge in [0.1, 0.15) is 0 Å². The Hall–Kier alpha value is -1.86. The Morgan fingerprint density at radius 2 is 2.00 bits per heavy atom. The second-order valence-corrected chi connectivity index (χ2v) is 6.13. The van der Waals surface area contributed by atoms with Gasteiger partial charge in [-0.25, -0.2) is 0 Å². The molecule has 1 aromatic carbocycles. The second-order valence-electron chi connectivity index (χ2n) is 6.13. The van der Waals surface area contributed by atoms with Crippen molar-refractivity contribution in [2.75, 3.05) is 33.2 Å². The third-order valence-corrected chi connectivity index (χ3v) is 4.42. The summed E-state index contributed by atoms with van der Waals surface area (Å²) in [7, 11) is 1.78. The van der Waals surface area contributed by atoms with Gasteiger partial charge in [-0.2, -0.15) is 5.26 Å². The SMILES string of the molecule is CN(CCC#N)C(=O)CN1CCC(Cc2ccccc2)CC1. The largest absolute Gasteiger partial charge is 0.344 e. The summed E-state index contributed by atoms with van der Waals surface area (Å²) in [6.07, 6.45) is 3.86. The first-order valence-corrected chi connectivity index (χ1v) is 8.06. The zero-order valence-electron chi connectivity index (χ0n) is 13.4. The molecule has 1 saturated heterocycles. The molecular weight excluding hydrogens is 274 g/mol. The fourth-order valence-corrected chi connectivity index (χ4v) is 2.95. The molecule has 0 unspecified atom stereocenters. The summed E-state index contributed by atoms with van der Waals surface area (Å²) < 4.78 is 0. The van der Waals surface area contributed by atoms with Crippen molar-refractivity contribution in [2.45, 2.75) is 25.7 Å². The number of likely N-dealkylation sites (N-methyl/N-ethyl adjacent to an activating group) is 1. The monoisotopic (exact) mass is 299 g/mol. The summed E-state index contributed by atoms with van der Waals surface area (Å²) in [5, 5.41) is 8.57. The Balaban J connectivity index is 1.71. The number of hydrogen-bond acceptors (Lipinski definition) is 3. The lowest BCUT2D eigenvalue weighted by molar-refractivity contribution is -0.131. The molecular formula is C18H25N3O. The van der Waals surface area contributed by atoms with Crippen LogP contribution >= 0.6 is 0 Å². The number of carbonyl (C=O) groups excluding carboxylic acids is 1. The molecule has 0 N–H and O–H groups in total. The lowest BCUT2D eigenvalue weighted by Gasteiger charge is -2.32. The van der Waals surface area contributed by atoms with E-state index in [1.54, 1.807) is 11.9 Å². The molecule has 1 fully saturated rings. The van der Waals surface area contributed by atoms with Crippen molar-refractivity contribution in [1.29, 1.82) is 5.26 Å². The van der Waals surface area contributed by atoms with E-state index in [9.17, 15) is 4.79 Å². The van der Waals surface area contributed by atoms with Crippen molar-refractivity contribution < 1.29 is 4.79 Å². The number of likely N-dealkylation sites (tertiary alicyclic amines) is 1. The van der Waals surface area contributed by atoms with Gasteiger partial charge in [0.05, 0.1) is 19.0 Å². The highest BCUT2D eigenvalue weighted by Gasteiger charge is 2.22. The van der Waals surface area contributed by atoms with Gasteiger partial charge in [-0.1, -0.05) is 30.3 Å². The second kappa shape index (κ2) is 8.55. The van der Waals surface area contributed by atoms with Crippen LogP contribution in [0.5, 0.6) is 0 Å². The molecule has 1 heterocycles. The molecule has 1 amide bonds. The van der Waals surface area contributed by atoms with Gasteiger partial charge in [0.25, 0.3) is 0 Å². The lowest BCUT2D eigenvalue weighted by Crippen LogP contribution is -2.42. The number of hydrogen-bond donors (Lipinski definition) is 0. The highest BCUT2D eigenvalue weighted by molar-refractivity contribution is 5.78. The summed E-state index contributed by atoms with van der Waals surface area (Å²) in [5.41, 5.74) is 1.41. The normalized spacial score (nSPS) is 16.2. The number of benzene rings is 1. The van der Waals surface area contributed by atoms with Crippen molar-refractivity contribution in [1.82, 2.24) is 9.80 Å². The fraction of sp³-hybridized carbons (Fsp3) is 0.556. The number of nitrogens with zero attached hydrogens (tertiary/aromatic N) is 3. The van der Waals surface area contributed by atoms with E-state index in [-0.39, 0.29) is 5.91 Å². The van der Waals surface area contributed by atoms with Crippen molar-refractivity contribution >= 4 is 5.91 Å². The van der Waals surface area contributed by atoms with E-state index >= 15 is 0 Å². The fourth-order valence-electron chi connectivity index (χ4n) is 2.95. The molecule has 0 saturated carbocycles. The molecule has 0 aliphatic carbocycles. The summed E-state index contributed by atoms with van der Waals surface area (Å²) in [6, 6.07) is 12.7. The van der Waals surface area contributed by atoms with Crippen LogP contribution in [-0.4, -0.2) is 48.9 Å². The molecule has 2 rings (SSSR count). The van der Waals surface area contributed by atoms with E-state index in [0.717, 1.165) is 38.3 Å². The van der Waals surface area contributed by atoms with Gasteiger partial charge in [-0.15, -0.1) is 0 Å². The Kier molecular flexibility index (Phi) is 6.42. The zero-order valence-corrected chi connectivity index (χ0v) is 13.4. The average Bonchev–Trinajstić information content (AvgIpc) is 2.55. The van der Waals surface area contributed by atoms with Gasteiger partial charge in [0.2, 0.25) is 5.91 Å². The summed E-state index contributed by atoms with van der Waals surface area (Å²) in [6.45, 7) is 3.00. The van der Waals surface area contributed by atoms with Crippen LogP contribution in [-0.2, 0) is 11.2 Å². The summed E-state index contributed by atoms with van der Waals surface area (Å²) in [5.74, 6) is 0.849. The van der Waals surface area contributed by atoms with Crippen molar-refractivity contribution in [3.8, 4) is 6.07 Å². The van der Waals surface area contributed by atoms with Crippen molar-refractivity contribution in [3.05, 3.63) is 35.9 Å². The van der Waals surface area contributed by atoms with E-state index in [1.165, 1.54) is 5.56 Å². The van der Waals surface area contributed by atoms with E-state index in [2.05, 4.69) is 41.3 Å². The molecule has 0 atom stereocenters. The third kappa shape index (κ3) is 5.16. The Bertz CT molecular complexity index is 501. The van der Waals surface area contributed by atoms with E-state index < -0.39 is 0 Å². The van der Waals surface area contributed by atoms with Gasteiger partial charge in [0.15, 0.2) is 0 Å². The van der Waals surface area contributed by atoms with Gasteiger partial charge in [-0.05, 0) is 43.8 Å². The van der Waals surface area contributed by atoms with Crippen molar-refractivity contribution in [2.24, 2.45) is 5.92 Å². The van der Waals surface area contributed by atoms with Crippen LogP contribution in [0.15, 0.2) is 30.3 Å². The Labute approximate surface area is 133 Å². The number of rotatable bonds is 6. The number of amides is 1. The molecule has 22 heavy (non-hydrogen) atoms. The first-order valence-electron chi connectivity index (χ1n) is 8.06. The van der Waals surface area contributed by atoms with Gasteiger partial charge in [-0.3, -0.25) is 9.69 Å². The minimum absolute atomic E-state index is 0.122. The molecule has 0 bridgehead atoms. The highest BCUT2D eigenvalue weighted by atomic mass is 16.2. The van der Waals surface area contributed by atoms with Crippen LogP contribution in [0.3, 0.4) is 0 Å². The van der Waals surface area contributed by atoms with Crippen molar-refractivity contribution in [3.63, 3.8) is 0 Å². The average molecular weight is 299 g/mol. The minimum atomic E-state index is 0.122. The minimum Gasteiger partial charge on any atom is -0.344 e. The predicted molar refractivity (Wildman–Crippen MR) is 87.2 cm³/mol. The third-order valence-electron chi connectivity index (χ3n) is 4.42. The Morgan fingerprint density at radius 3 is 2.64 bits per heavy atom. The maximum absolute atomic E-state index is 12.1. The molecule has 1 aliphatic heterocycles. The molecule has 4 heteroatoms. The summed E-state index contributed by atoms with van der Waals surface area (Å²) >= 11 is 0. The number of carbonyl (C=O) groups is 1. The maximum atomic E-state index is 12.1. The van der Waals surface area contributed by atoms with Crippen LogP contribution in [0, 0.1) is 17.2 Å². The molecule has 0 spiro atoms. The maximum Gasteiger partial charge on any atom is 0.236 e. The van der Waals surface area contributed by atoms with E-state index in [0.29, 0.717) is 19.5 Å². The van der Waals surface area contributed by atoms with Crippen LogP contribution in [0.2, 0.25) is 0 Å². The topological polar surface area (TPSA) is 47.3 Å². The molecule has 0 radical (unpaired) electrons. The van der Waals surface area contributed by atoms with Crippen LogP contribution in [0.1, 0.15) is 24.8 Å². The van der Waals surface area contributed by atoms with E-state index in [4.69, 9.17) is 5.26 Å².